The van der Waals surface area contributed by atoms with Gasteiger partial charge in [0.25, 0.3) is 0 Å². The number of halogens is 1. The highest BCUT2D eigenvalue weighted by atomic mass is 19.1. The van der Waals surface area contributed by atoms with Gasteiger partial charge in [-0.3, -0.25) is 9.69 Å². The largest absolute Gasteiger partial charge is 0.494 e. The number of aromatic amines is 1. The van der Waals surface area contributed by atoms with Crippen LogP contribution in [0.1, 0.15) is 23.7 Å². The van der Waals surface area contributed by atoms with Gasteiger partial charge in [-0.25, -0.2) is 4.39 Å². The number of fused-ring (bicyclic) bond motifs is 1. The smallest absolute Gasteiger partial charge is 0.189 e. The van der Waals surface area contributed by atoms with Crippen LogP contribution in [0.25, 0.3) is 10.9 Å². The van der Waals surface area contributed by atoms with E-state index in [0.717, 1.165) is 23.6 Å². The van der Waals surface area contributed by atoms with E-state index in [9.17, 15) is 9.18 Å². The standard InChI is InChI=1S/C26H25FN2O2/c1-2-31-23-11-8-20(9-12-23)17-29(16-19-6-4-3-5-7-19)18-22-15-26(30)24-14-21(27)10-13-25(24)28-22/h3-15H,2,16-18H2,1H3,(H,28,30). The summed E-state index contributed by atoms with van der Waals surface area (Å²) in [6, 6.07) is 24.1. The minimum absolute atomic E-state index is 0.177. The first-order valence-corrected chi connectivity index (χ1v) is 10.4. The van der Waals surface area contributed by atoms with Crippen molar-refractivity contribution in [3.8, 4) is 5.75 Å². The van der Waals surface area contributed by atoms with Crippen LogP contribution in [-0.2, 0) is 19.6 Å². The topological polar surface area (TPSA) is 45.3 Å². The normalized spacial score (nSPS) is 11.2. The molecule has 0 saturated heterocycles. The first-order chi connectivity index (χ1) is 15.1. The number of benzene rings is 3. The lowest BCUT2D eigenvalue weighted by molar-refractivity contribution is 0.244. The van der Waals surface area contributed by atoms with Gasteiger partial charge in [-0.05, 0) is 48.4 Å². The molecular formula is C26H25FN2O2. The van der Waals surface area contributed by atoms with Crippen molar-refractivity contribution >= 4 is 10.9 Å². The molecule has 0 radical (unpaired) electrons. The summed E-state index contributed by atoms with van der Waals surface area (Å²) in [6.45, 7) is 4.61. The molecule has 31 heavy (non-hydrogen) atoms. The number of hydrogen-bond donors (Lipinski definition) is 1. The van der Waals surface area contributed by atoms with Crippen LogP contribution >= 0.6 is 0 Å². The van der Waals surface area contributed by atoms with Crippen molar-refractivity contribution < 1.29 is 9.13 Å². The molecule has 0 bridgehead atoms. The summed E-state index contributed by atoms with van der Waals surface area (Å²) in [5.74, 6) is 0.443. The second-order valence-corrected chi connectivity index (χ2v) is 7.56. The number of nitrogens with one attached hydrogen (secondary N) is 1. The third kappa shape index (κ3) is 5.38. The van der Waals surface area contributed by atoms with Crippen LogP contribution in [0.5, 0.6) is 5.75 Å². The lowest BCUT2D eigenvalue weighted by atomic mass is 10.1. The second-order valence-electron chi connectivity index (χ2n) is 7.56. The molecule has 1 N–H and O–H groups in total. The molecule has 4 nitrogen and oxygen atoms in total. The maximum atomic E-state index is 13.5. The predicted molar refractivity (Wildman–Crippen MR) is 122 cm³/mol. The Morgan fingerprint density at radius 3 is 2.29 bits per heavy atom. The average Bonchev–Trinajstić information content (AvgIpc) is 2.77. The highest BCUT2D eigenvalue weighted by Gasteiger charge is 2.11. The van der Waals surface area contributed by atoms with Crippen molar-refractivity contribution in [1.29, 1.82) is 0 Å². The van der Waals surface area contributed by atoms with Gasteiger partial charge in [0.2, 0.25) is 0 Å². The van der Waals surface area contributed by atoms with E-state index in [-0.39, 0.29) is 5.43 Å². The fraction of sp³-hybridized carbons (Fsp3) is 0.192. The van der Waals surface area contributed by atoms with E-state index in [4.69, 9.17) is 4.74 Å². The summed E-state index contributed by atoms with van der Waals surface area (Å²) in [5.41, 5.74) is 3.61. The molecule has 0 unspecified atom stereocenters. The Labute approximate surface area is 180 Å². The highest BCUT2D eigenvalue weighted by molar-refractivity contribution is 5.78. The summed E-state index contributed by atoms with van der Waals surface area (Å²) < 4.78 is 19.1. The van der Waals surface area contributed by atoms with E-state index in [1.165, 1.54) is 17.7 Å². The molecule has 0 amide bonds. The Morgan fingerprint density at radius 2 is 1.58 bits per heavy atom. The Balaban J connectivity index is 1.60. The maximum Gasteiger partial charge on any atom is 0.189 e. The Hall–Kier alpha value is -3.44. The lowest BCUT2D eigenvalue weighted by Crippen LogP contribution is -2.24. The van der Waals surface area contributed by atoms with Crippen molar-refractivity contribution in [3.05, 3.63) is 112 Å². The van der Waals surface area contributed by atoms with E-state index in [1.807, 2.05) is 37.3 Å². The molecule has 4 rings (SSSR count). The van der Waals surface area contributed by atoms with Gasteiger partial charge in [-0.15, -0.1) is 0 Å². The predicted octanol–water partition coefficient (Wildman–Crippen LogP) is 5.27. The fourth-order valence-corrected chi connectivity index (χ4v) is 3.73. The molecule has 5 heteroatoms. The van der Waals surface area contributed by atoms with E-state index in [2.05, 4.69) is 34.1 Å². The number of hydrogen-bond acceptors (Lipinski definition) is 3. The van der Waals surface area contributed by atoms with Gasteiger partial charge in [0.1, 0.15) is 11.6 Å². The van der Waals surface area contributed by atoms with E-state index in [1.54, 1.807) is 12.1 Å². The summed E-state index contributed by atoms with van der Waals surface area (Å²) in [7, 11) is 0. The first-order valence-electron chi connectivity index (χ1n) is 10.4. The van der Waals surface area contributed by atoms with Crippen LogP contribution < -0.4 is 10.2 Å². The van der Waals surface area contributed by atoms with Crippen molar-refractivity contribution in [3.63, 3.8) is 0 Å². The van der Waals surface area contributed by atoms with Crippen molar-refractivity contribution in [2.24, 2.45) is 0 Å². The third-order valence-electron chi connectivity index (χ3n) is 5.13. The summed E-state index contributed by atoms with van der Waals surface area (Å²) in [4.78, 5) is 18.1. The molecule has 0 aliphatic heterocycles. The van der Waals surface area contributed by atoms with Gasteiger partial charge in [0.05, 0.1) is 6.61 Å². The number of ether oxygens (including phenoxy) is 1. The van der Waals surface area contributed by atoms with Crippen molar-refractivity contribution in [2.45, 2.75) is 26.6 Å². The SMILES string of the molecule is CCOc1ccc(CN(Cc2ccccc2)Cc2cc(=O)c3cc(F)ccc3[nH]2)cc1. The Kier molecular flexibility index (Phi) is 6.43. The fourth-order valence-electron chi connectivity index (χ4n) is 3.73. The zero-order valence-electron chi connectivity index (χ0n) is 17.5. The quantitative estimate of drug-likeness (QED) is 0.426. The maximum absolute atomic E-state index is 13.5. The zero-order valence-corrected chi connectivity index (χ0v) is 17.5. The highest BCUT2D eigenvalue weighted by Crippen LogP contribution is 2.18. The van der Waals surface area contributed by atoms with Crippen LogP contribution in [0.15, 0.2) is 83.7 Å². The molecule has 1 heterocycles. The number of nitrogens with zero attached hydrogens (tertiary/aromatic N) is 1. The molecular weight excluding hydrogens is 391 g/mol. The number of H-pyrrole nitrogens is 1. The molecule has 1 aromatic heterocycles. The summed E-state index contributed by atoms with van der Waals surface area (Å²) in [6.07, 6.45) is 0. The van der Waals surface area contributed by atoms with Gasteiger partial charge >= 0.3 is 0 Å². The number of rotatable bonds is 8. The van der Waals surface area contributed by atoms with Gasteiger partial charge in [-0.2, -0.15) is 0 Å². The monoisotopic (exact) mass is 416 g/mol. The van der Waals surface area contributed by atoms with E-state index < -0.39 is 5.82 Å². The summed E-state index contributed by atoms with van der Waals surface area (Å²) >= 11 is 0. The van der Waals surface area contributed by atoms with Crippen LogP contribution in [0.4, 0.5) is 4.39 Å². The average molecular weight is 416 g/mol. The molecule has 0 spiro atoms. The van der Waals surface area contributed by atoms with Crippen molar-refractivity contribution in [1.82, 2.24) is 9.88 Å². The van der Waals surface area contributed by atoms with Crippen LogP contribution in [-0.4, -0.2) is 16.5 Å². The van der Waals surface area contributed by atoms with Gasteiger partial charge in [0.15, 0.2) is 5.43 Å². The number of pyridine rings is 1. The van der Waals surface area contributed by atoms with E-state index >= 15 is 0 Å². The molecule has 0 aliphatic carbocycles. The molecule has 0 aliphatic rings. The third-order valence-corrected chi connectivity index (χ3v) is 5.13. The zero-order chi connectivity index (χ0) is 21.6. The van der Waals surface area contributed by atoms with Crippen LogP contribution in [0.3, 0.4) is 0 Å². The molecule has 0 saturated carbocycles. The molecule has 0 fully saturated rings. The number of aromatic nitrogens is 1. The van der Waals surface area contributed by atoms with Crippen molar-refractivity contribution in [2.75, 3.05) is 6.61 Å². The Morgan fingerprint density at radius 1 is 0.871 bits per heavy atom. The minimum atomic E-state index is -0.410. The summed E-state index contributed by atoms with van der Waals surface area (Å²) in [5, 5.41) is 0.366. The molecule has 4 aromatic rings. The molecule has 158 valence electrons. The Bertz CT molecular complexity index is 1200. The van der Waals surface area contributed by atoms with Gasteiger partial charge < -0.3 is 9.72 Å². The van der Waals surface area contributed by atoms with E-state index in [0.29, 0.717) is 30.6 Å². The van der Waals surface area contributed by atoms with Crippen LogP contribution in [0, 0.1) is 5.82 Å². The van der Waals surface area contributed by atoms with Gasteiger partial charge in [0, 0.05) is 42.3 Å². The van der Waals surface area contributed by atoms with Crippen LogP contribution in [0.2, 0.25) is 0 Å². The first kappa shape index (κ1) is 20.8. The lowest BCUT2D eigenvalue weighted by Gasteiger charge is -2.23. The molecule has 0 atom stereocenters. The molecule has 3 aromatic carbocycles. The second kappa shape index (κ2) is 9.58. The minimum Gasteiger partial charge on any atom is -0.494 e. The van der Waals surface area contributed by atoms with Gasteiger partial charge in [-0.1, -0.05) is 42.5 Å².